The highest BCUT2D eigenvalue weighted by Crippen LogP contribution is 2.29. The minimum atomic E-state index is -0.153. The van der Waals surface area contributed by atoms with Gasteiger partial charge >= 0.3 is 0 Å². The Hall–Kier alpha value is -1.71. The van der Waals surface area contributed by atoms with Crippen LogP contribution >= 0.6 is 11.3 Å². The van der Waals surface area contributed by atoms with Gasteiger partial charge in [0.05, 0.1) is 0 Å². The maximum Gasteiger partial charge on any atom is 0.131 e. The molecule has 1 nitrogen and oxygen atoms in total. The molecule has 0 aliphatic carbocycles. The molecule has 0 fully saturated rings. The van der Waals surface area contributed by atoms with Gasteiger partial charge in [-0.25, -0.2) is 4.39 Å². The minimum absolute atomic E-state index is 0.153. The molecule has 3 heteroatoms. The number of hydrogen-bond donors (Lipinski definition) is 1. The minimum Gasteiger partial charge on any atom is -0.310 e. The summed E-state index contributed by atoms with van der Waals surface area (Å²) in [4.78, 5) is 0. The maximum absolute atomic E-state index is 14.0. The van der Waals surface area contributed by atoms with Crippen LogP contribution in [0, 0.1) is 5.82 Å². The fraction of sp³-hybridized carbons (Fsp3) is 0.222. The lowest BCUT2D eigenvalue weighted by molar-refractivity contribution is 0.552. The maximum atomic E-state index is 14.0. The van der Waals surface area contributed by atoms with E-state index in [1.54, 1.807) is 17.4 Å². The van der Waals surface area contributed by atoms with Crippen molar-refractivity contribution in [2.24, 2.45) is 0 Å². The van der Waals surface area contributed by atoms with Crippen molar-refractivity contribution in [1.29, 1.82) is 0 Å². The summed E-state index contributed by atoms with van der Waals surface area (Å²) in [7, 11) is 0. The number of benzene rings is 2. The highest BCUT2D eigenvalue weighted by atomic mass is 32.1. The Bertz CT molecular complexity index is 721. The van der Waals surface area contributed by atoms with Gasteiger partial charge in [0.15, 0.2) is 0 Å². The second kappa shape index (κ2) is 6.37. The molecule has 1 aromatic heterocycles. The third-order valence-electron chi connectivity index (χ3n) is 3.75. The highest BCUT2D eigenvalue weighted by molar-refractivity contribution is 7.07. The molecular weight excluding hydrogens is 281 g/mol. The Morgan fingerprint density at radius 1 is 1.10 bits per heavy atom. The number of halogens is 1. The molecule has 108 valence electrons. The van der Waals surface area contributed by atoms with E-state index in [0.29, 0.717) is 5.39 Å². The van der Waals surface area contributed by atoms with Crippen LogP contribution in [0.4, 0.5) is 4.39 Å². The molecule has 1 heterocycles. The zero-order valence-electron chi connectivity index (χ0n) is 12.0. The van der Waals surface area contributed by atoms with E-state index in [-0.39, 0.29) is 11.9 Å². The van der Waals surface area contributed by atoms with Crippen molar-refractivity contribution in [3.63, 3.8) is 0 Å². The van der Waals surface area contributed by atoms with Crippen LogP contribution < -0.4 is 5.32 Å². The van der Waals surface area contributed by atoms with Crippen LogP contribution in [0.25, 0.3) is 10.8 Å². The lowest BCUT2D eigenvalue weighted by Gasteiger charge is -2.20. The van der Waals surface area contributed by atoms with Gasteiger partial charge < -0.3 is 5.32 Å². The number of likely N-dealkylation sites (N-methyl/N-ethyl adjacent to an activating group) is 1. The van der Waals surface area contributed by atoms with Crippen LogP contribution in [0.1, 0.15) is 24.1 Å². The van der Waals surface area contributed by atoms with E-state index in [2.05, 4.69) is 29.1 Å². The summed E-state index contributed by atoms with van der Waals surface area (Å²) in [5, 5.41) is 9.50. The molecule has 0 radical (unpaired) electrons. The van der Waals surface area contributed by atoms with Crippen LogP contribution in [0.3, 0.4) is 0 Å². The Morgan fingerprint density at radius 3 is 2.62 bits per heavy atom. The molecule has 1 N–H and O–H groups in total. The van der Waals surface area contributed by atoms with Crippen LogP contribution in [0.15, 0.2) is 53.2 Å². The van der Waals surface area contributed by atoms with E-state index in [1.807, 2.05) is 30.3 Å². The molecular formula is C18H18FNS. The van der Waals surface area contributed by atoms with E-state index in [9.17, 15) is 4.39 Å². The van der Waals surface area contributed by atoms with E-state index < -0.39 is 0 Å². The van der Waals surface area contributed by atoms with Gasteiger partial charge in [-0.15, -0.1) is 0 Å². The van der Waals surface area contributed by atoms with Crippen molar-refractivity contribution < 1.29 is 4.39 Å². The molecule has 0 bridgehead atoms. The highest BCUT2D eigenvalue weighted by Gasteiger charge is 2.15. The predicted octanol–water partition coefficient (Wildman–Crippen LogP) is 4.93. The molecule has 1 atom stereocenters. The summed E-state index contributed by atoms with van der Waals surface area (Å²) in [6.07, 6.45) is 0.924. The van der Waals surface area contributed by atoms with Crippen molar-refractivity contribution >= 4 is 22.1 Å². The van der Waals surface area contributed by atoms with Crippen molar-refractivity contribution in [3.05, 3.63) is 70.2 Å². The molecule has 3 aromatic rings. The van der Waals surface area contributed by atoms with E-state index >= 15 is 0 Å². The summed E-state index contributed by atoms with van der Waals surface area (Å²) in [6.45, 7) is 2.99. The molecule has 0 saturated heterocycles. The first-order valence-corrected chi connectivity index (χ1v) is 8.15. The van der Waals surface area contributed by atoms with E-state index in [1.165, 1.54) is 11.1 Å². The summed E-state index contributed by atoms with van der Waals surface area (Å²) in [5.41, 5.74) is 2.49. The van der Waals surface area contributed by atoms with Gasteiger partial charge in [0.25, 0.3) is 0 Å². The summed E-state index contributed by atoms with van der Waals surface area (Å²) < 4.78 is 14.0. The summed E-state index contributed by atoms with van der Waals surface area (Å²) in [6, 6.07) is 13.6. The Balaban J connectivity index is 2.05. The number of fused-ring (bicyclic) bond motifs is 1. The fourth-order valence-corrected chi connectivity index (χ4v) is 3.45. The summed E-state index contributed by atoms with van der Waals surface area (Å²) >= 11 is 1.71. The second-order valence-corrected chi connectivity index (χ2v) is 5.91. The lowest BCUT2D eigenvalue weighted by Crippen LogP contribution is -2.23. The number of nitrogens with one attached hydrogen (secondary N) is 1. The van der Waals surface area contributed by atoms with Crippen LogP contribution in [0.2, 0.25) is 0 Å². The zero-order valence-corrected chi connectivity index (χ0v) is 12.8. The monoisotopic (exact) mass is 299 g/mol. The Morgan fingerprint density at radius 2 is 1.90 bits per heavy atom. The molecule has 0 aliphatic heterocycles. The molecule has 0 aliphatic rings. The smallest absolute Gasteiger partial charge is 0.131 e. The zero-order chi connectivity index (χ0) is 14.7. The Kier molecular flexibility index (Phi) is 4.32. The van der Waals surface area contributed by atoms with Crippen LogP contribution in [-0.2, 0) is 6.42 Å². The third kappa shape index (κ3) is 2.99. The average Bonchev–Trinajstić information content (AvgIpc) is 3.01. The van der Waals surface area contributed by atoms with Crippen molar-refractivity contribution in [2.75, 3.05) is 6.54 Å². The normalized spacial score (nSPS) is 12.7. The second-order valence-electron chi connectivity index (χ2n) is 5.13. The molecule has 3 rings (SSSR count). The van der Waals surface area contributed by atoms with Gasteiger partial charge in [0.2, 0.25) is 0 Å². The number of hydrogen-bond acceptors (Lipinski definition) is 2. The molecule has 1 unspecified atom stereocenters. The number of rotatable bonds is 5. The van der Waals surface area contributed by atoms with Crippen molar-refractivity contribution in [1.82, 2.24) is 5.32 Å². The quantitative estimate of drug-likeness (QED) is 0.704. The van der Waals surface area contributed by atoms with Gasteiger partial charge in [-0.1, -0.05) is 37.3 Å². The van der Waals surface area contributed by atoms with Crippen LogP contribution in [0.5, 0.6) is 0 Å². The lowest BCUT2D eigenvalue weighted by atomic mass is 9.94. The largest absolute Gasteiger partial charge is 0.310 e. The SMILES string of the molecule is CCNC(Cc1ccsc1)c1ccc(F)c2ccccc12. The first kappa shape index (κ1) is 14.2. The summed E-state index contributed by atoms with van der Waals surface area (Å²) in [5.74, 6) is -0.153. The molecule has 0 amide bonds. The standard InChI is InChI=1S/C18H18FNS/c1-2-20-18(11-13-9-10-21-12-13)16-7-8-17(19)15-6-4-3-5-14(15)16/h3-10,12,18,20H,2,11H2,1H3. The van der Waals surface area contributed by atoms with Gasteiger partial charge in [-0.05, 0) is 52.4 Å². The van der Waals surface area contributed by atoms with Gasteiger partial charge in [0.1, 0.15) is 5.82 Å². The van der Waals surface area contributed by atoms with Gasteiger partial charge in [-0.2, -0.15) is 11.3 Å². The van der Waals surface area contributed by atoms with Gasteiger partial charge in [-0.3, -0.25) is 0 Å². The Labute approximate surface area is 128 Å². The third-order valence-corrected chi connectivity index (χ3v) is 4.48. The predicted molar refractivity (Wildman–Crippen MR) is 88.3 cm³/mol. The molecule has 0 saturated carbocycles. The fourth-order valence-electron chi connectivity index (χ4n) is 2.77. The topological polar surface area (TPSA) is 12.0 Å². The van der Waals surface area contributed by atoms with Crippen molar-refractivity contribution in [3.8, 4) is 0 Å². The first-order valence-electron chi connectivity index (χ1n) is 7.21. The van der Waals surface area contributed by atoms with Gasteiger partial charge in [0, 0.05) is 11.4 Å². The molecule has 2 aromatic carbocycles. The average molecular weight is 299 g/mol. The molecule has 21 heavy (non-hydrogen) atoms. The number of thiophene rings is 1. The van der Waals surface area contributed by atoms with E-state index in [4.69, 9.17) is 0 Å². The van der Waals surface area contributed by atoms with E-state index in [0.717, 1.165) is 18.4 Å². The first-order chi connectivity index (χ1) is 10.3. The van der Waals surface area contributed by atoms with Crippen LogP contribution in [-0.4, -0.2) is 6.54 Å². The van der Waals surface area contributed by atoms with Crippen molar-refractivity contribution in [2.45, 2.75) is 19.4 Å². The molecule has 0 spiro atoms.